The summed E-state index contributed by atoms with van der Waals surface area (Å²) >= 11 is 0. The normalized spacial score (nSPS) is 11.5. The van der Waals surface area contributed by atoms with Crippen LogP contribution >= 0.6 is 0 Å². The zero-order valence-electron chi connectivity index (χ0n) is 11.0. The number of esters is 1. The molecular weight excluding hydrogens is 246 g/mol. The van der Waals surface area contributed by atoms with E-state index in [0.717, 1.165) is 9.95 Å². The summed E-state index contributed by atoms with van der Waals surface area (Å²) in [4.78, 5) is 23.0. The van der Waals surface area contributed by atoms with Crippen molar-refractivity contribution >= 4 is 23.0 Å². The number of aromatic nitrogens is 1. The van der Waals surface area contributed by atoms with Crippen molar-refractivity contribution in [3.05, 3.63) is 36.0 Å². The van der Waals surface area contributed by atoms with Gasteiger partial charge in [-0.15, -0.1) is 0 Å². The van der Waals surface area contributed by atoms with Crippen LogP contribution in [0.4, 0.5) is 4.79 Å². The van der Waals surface area contributed by atoms with Crippen LogP contribution in [-0.2, 0) is 4.74 Å². The third-order valence-electron chi connectivity index (χ3n) is 2.53. The molecule has 0 bridgehead atoms. The minimum atomic E-state index is -1.09. The number of carbonyl (C=O) groups excluding carboxylic acids is 1. The molecule has 1 aromatic carbocycles. The molecule has 100 valence electrons. The van der Waals surface area contributed by atoms with Gasteiger partial charge in [-0.25, -0.2) is 9.59 Å². The molecule has 0 saturated heterocycles. The van der Waals surface area contributed by atoms with Crippen LogP contribution in [-0.4, -0.2) is 27.3 Å². The Hall–Kier alpha value is -2.30. The molecule has 0 spiro atoms. The lowest BCUT2D eigenvalue weighted by molar-refractivity contribution is 0.00696. The molecule has 1 heterocycles. The smallest absolute Gasteiger partial charge is 0.415 e. The summed E-state index contributed by atoms with van der Waals surface area (Å²) in [6, 6.07) is 6.54. The van der Waals surface area contributed by atoms with Crippen LogP contribution in [0.25, 0.3) is 10.9 Å². The highest BCUT2D eigenvalue weighted by Crippen LogP contribution is 2.19. The van der Waals surface area contributed by atoms with Gasteiger partial charge < -0.3 is 9.84 Å². The molecule has 5 heteroatoms. The van der Waals surface area contributed by atoms with Gasteiger partial charge >= 0.3 is 12.1 Å². The van der Waals surface area contributed by atoms with Gasteiger partial charge in [-0.05, 0) is 39.0 Å². The summed E-state index contributed by atoms with van der Waals surface area (Å²) in [7, 11) is 0. The fourth-order valence-electron chi connectivity index (χ4n) is 1.76. The molecule has 5 nitrogen and oxygen atoms in total. The molecular formula is C14H15NO4. The van der Waals surface area contributed by atoms with Gasteiger partial charge in [0.05, 0.1) is 11.1 Å². The maximum Gasteiger partial charge on any atom is 0.415 e. The first-order valence-corrected chi connectivity index (χ1v) is 5.86. The number of benzene rings is 1. The Morgan fingerprint density at radius 3 is 2.47 bits per heavy atom. The predicted molar refractivity (Wildman–Crippen MR) is 70.5 cm³/mol. The molecule has 2 rings (SSSR count). The van der Waals surface area contributed by atoms with Crippen molar-refractivity contribution in [2.24, 2.45) is 0 Å². The Morgan fingerprint density at radius 2 is 1.89 bits per heavy atom. The summed E-state index contributed by atoms with van der Waals surface area (Å²) in [6.45, 7) is 5.34. The number of ether oxygens (including phenoxy) is 1. The van der Waals surface area contributed by atoms with E-state index < -0.39 is 17.7 Å². The van der Waals surface area contributed by atoms with E-state index in [0.29, 0.717) is 11.1 Å². The van der Waals surface area contributed by atoms with Crippen LogP contribution in [0.3, 0.4) is 0 Å². The first-order chi connectivity index (χ1) is 8.78. The minimum Gasteiger partial charge on any atom is -0.464 e. The van der Waals surface area contributed by atoms with Crippen LogP contribution in [0, 0.1) is 0 Å². The average Bonchev–Trinajstić information content (AvgIpc) is 2.68. The summed E-state index contributed by atoms with van der Waals surface area (Å²) in [5.41, 5.74) is 0.223. The Kier molecular flexibility index (Phi) is 3.06. The third-order valence-corrected chi connectivity index (χ3v) is 2.53. The molecule has 0 atom stereocenters. The average molecular weight is 261 g/mol. The van der Waals surface area contributed by atoms with Gasteiger partial charge in [0.2, 0.25) is 0 Å². The van der Waals surface area contributed by atoms with Crippen molar-refractivity contribution in [3.63, 3.8) is 0 Å². The molecule has 1 aromatic heterocycles. The summed E-state index contributed by atoms with van der Waals surface area (Å²) in [5, 5.41) is 9.79. The van der Waals surface area contributed by atoms with E-state index in [1.807, 2.05) is 0 Å². The Labute approximate surface area is 110 Å². The lowest BCUT2D eigenvalue weighted by Gasteiger charge is -2.19. The Bertz CT molecular complexity index is 649. The maximum atomic E-state index is 11.9. The monoisotopic (exact) mass is 261 g/mol. The standard InChI is InChI=1S/C14H15NO4/c1-14(2,3)19-12(16)10-5-4-9-6-7-15(13(17)18)11(9)8-10/h4-8H,1-3H3,(H,17,18). The van der Waals surface area contributed by atoms with Gasteiger partial charge in [-0.1, -0.05) is 6.07 Å². The molecule has 1 N–H and O–H groups in total. The highest BCUT2D eigenvalue weighted by Gasteiger charge is 2.18. The van der Waals surface area contributed by atoms with E-state index in [2.05, 4.69) is 0 Å². The largest absolute Gasteiger partial charge is 0.464 e. The van der Waals surface area contributed by atoms with E-state index in [-0.39, 0.29) is 0 Å². The second-order valence-corrected chi connectivity index (χ2v) is 5.24. The summed E-state index contributed by atoms with van der Waals surface area (Å²) in [5.74, 6) is -0.465. The lowest BCUT2D eigenvalue weighted by Crippen LogP contribution is -2.23. The zero-order valence-corrected chi connectivity index (χ0v) is 11.0. The van der Waals surface area contributed by atoms with Crippen molar-refractivity contribution in [3.8, 4) is 0 Å². The second kappa shape index (κ2) is 4.42. The van der Waals surface area contributed by atoms with Crippen molar-refractivity contribution < 1.29 is 19.4 Å². The number of hydrogen-bond acceptors (Lipinski definition) is 3. The fraction of sp³-hybridized carbons (Fsp3) is 0.286. The van der Waals surface area contributed by atoms with Gasteiger partial charge in [0, 0.05) is 11.6 Å². The number of carbonyl (C=O) groups is 2. The fourth-order valence-corrected chi connectivity index (χ4v) is 1.76. The van der Waals surface area contributed by atoms with E-state index >= 15 is 0 Å². The number of hydrogen-bond donors (Lipinski definition) is 1. The van der Waals surface area contributed by atoms with Crippen molar-refractivity contribution in [2.45, 2.75) is 26.4 Å². The van der Waals surface area contributed by atoms with Gasteiger partial charge in [-0.3, -0.25) is 4.57 Å². The molecule has 2 aromatic rings. The molecule has 0 aliphatic heterocycles. The number of fused-ring (bicyclic) bond motifs is 1. The van der Waals surface area contributed by atoms with Crippen molar-refractivity contribution in [2.75, 3.05) is 0 Å². The van der Waals surface area contributed by atoms with Crippen LogP contribution in [0.2, 0.25) is 0 Å². The molecule has 0 aliphatic carbocycles. The van der Waals surface area contributed by atoms with Crippen molar-refractivity contribution in [1.82, 2.24) is 4.57 Å². The molecule has 0 radical (unpaired) electrons. The number of nitrogens with zero attached hydrogens (tertiary/aromatic N) is 1. The topological polar surface area (TPSA) is 68.5 Å². The first kappa shape index (κ1) is 13.1. The summed E-state index contributed by atoms with van der Waals surface area (Å²) in [6.07, 6.45) is 0.364. The van der Waals surface area contributed by atoms with Crippen LogP contribution < -0.4 is 0 Å². The molecule has 0 amide bonds. The third kappa shape index (κ3) is 2.76. The Morgan fingerprint density at radius 1 is 1.21 bits per heavy atom. The van der Waals surface area contributed by atoms with E-state index in [1.165, 1.54) is 12.3 Å². The summed E-state index contributed by atoms with van der Waals surface area (Å²) < 4.78 is 6.33. The molecule has 0 saturated carbocycles. The lowest BCUT2D eigenvalue weighted by atomic mass is 10.1. The quantitative estimate of drug-likeness (QED) is 0.801. The Balaban J connectivity index is 2.43. The molecule has 0 unspecified atom stereocenters. The number of carboxylic acid groups (broad SMARTS) is 1. The molecule has 0 fully saturated rings. The SMILES string of the molecule is CC(C)(C)OC(=O)c1ccc2ccn(C(=O)O)c2c1. The second-order valence-electron chi connectivity index (χ2n) is 5.24. The van der Waals surface area contributed by atoms with E-state index in [9.17, 15) is 9.59 Å². The van der Waals surface area contributed by atoms with Gasteiger partial charge in [0.15, 0.2) is 0 Å². The highest BCUT2D eigenvalue weighted by atomic mass is 16.6. The maximum absolute atomic E-state index is 11.9. The van der Waals surface area contributed by atoms with E-state index in [4.69, 9.17) is 9.84 Å². The first-order valence-electron chi connectivity index (χ1n) is 5.86. The van der Waals surface area contributed by atoms with Crippen molar-refractivity contribution in [1.29, 1.82) is 0 Å². The number of rotatable bonds is 1. The molecule has 0 aliphatic rings. The van der Waals surface area contributed by atoms with Gasteiger partial charge in [0.25, 0.3) is 0 Å². The van der Waals surface area contributed by atoms with Gasteiger partial charge in [-0.2, -0.15) is 0 Å². The zero-order chi connectivity index (χ0) is 14.2. The van der Waals surface area contributed by atoms with Crippen LogP contribution in [0.15, 0.2) is 30.5 Å². The van der Waals surface area contributed by atoms with E-state index in [1.54, 1.807) is 39.0 Å². The van der Waals surface area contributed by atoms with Gasteiger partial charge in [0.1, 0.15) is 5.60 Å². The predicted octanol–water partition coefficient (Wildman–Crippen LogP) is 3.12. The highest BCUT2D eigenvalue weighted by molar-refractivity contribution is 5.97. The van der Waals surface area contributed by atoms with Crippen LogP contribution in [0.5, 0.6) is 0 Å². The minimum absolute atomic E-state index is 0.337. The van der Waals surface area contributed by atoms with Crippen LogP contribution in [0.1, 0.15) is 31.1 Å². The molecule has 19 heavy (non-hydrogen) atoms.